The van der Waals surface area contributed by atoms with Gasteiger partial charge in [0.05, 0.1) is 19.8 Å². The summed E-state index contributed by atoms with van der Waals surface area (Å²) in [5.41, 5.74) is 0. The van der Waals surface area contributed by atoms with Crippen molar-refractivity contribution in [3.05, 3.63) is 0 Å². The Morgan fingerprint density at radius 1 is 0.706 bits per heavy atom. The maximum Gasteiger partial charge on any atom is 0.186 e. The topological polar surface area (TPSA) is 277 Å². The first-order valence-electron chi connectivity index (χ1n) is 10.4. The van der Waals surface area contributed by atoms with Gasteiger partial charge in [-0.1, -0.05) is 0 Å². The number of aldehydes is 1. The molecule has 2 unspecified atom stereocenters. The molecule has 0 bridgehead atoms. The van der Waals surface area contributed by atoms with Crippen molar-refractivity contribution in [3.63, 3.8) is 0 Å². The minimum absolute atomic E-state index is 0.0623. The number of hydrogen-bond acceptors (Lipinski definition) is 16. The van der Waals surface area contributed by atoms with E-state index in [4.69, 9.17) is 18.9 Å². The fraction of sp³-hybridized carbons (Fsp3) is 0.944. The minimum Gasteiger partial charge on any atom is -0.394 e. The zero-order valence-electron chi connectivity index (χ0n) is 17.7. The summed E-state index contributed by atoms with van der Waals surface area (Å²) in [4.78, 5) is 10.5. The van der Waals surface area contributed by atoms with Gasteiger partial charge in [-0.25, -0.2) is 0 Å². The Balaban J connectivity index is 1.96. The standard InChI is InChI=1S/C18H32O16/c19-1-5(21)9(23)10(24)6(22)3-31-17-16(30)14(28)12(26)8(34-17)4-32-18-15(29)13(27)11(25)7(2-20)33-18/h1,5-18,20-30H,2-4H2/t5-,6+,7+,8+,9+,10+,11+,12+,13-,14-,15+,16+,17?,18?/m0/s1. The van der Waals surface area contributed by atoms with Crippen LogP contribution in [0.2, 0.25) is 0 Å². The normalized spacial score (nSPS) is 42.6. The average Bonchev–Trinajstić information content (AvgIpc) is 2.84. The second kappa shape index (κ2) is 12.9. The van der Waals surface area contributed by atoms with Crippen molar-refractivity contribution < 1.29 is 79.9 Å². The molecule has 2 rings (SSSR count). The number of aliphatic hydroxyl groups excluding tert-OH is 11. The summed E-state index contributed by atoms with van der Waals surface area (Å²) in [6.07, 6.45) is -24.4. The molecule has 34 heavy (non-hydrogen) atoms. The molecule has 16 heteroatoms. The van der Waals surface area contributed by atoms with E-state index in [-0.39, 0.29) is 6.29 Å². The molecule has 0 aromatic rings. The van der Waals surface area contributed by atoms with Gasteiger partial charge in [0.15, 0.2) is 18.9 Å². The Kier molecular flexibility index (Phi) is 11.1. The van der Waals surface area contributed by atoms with Crippen LogP contribution in [-0.4, -0.2) is 168 Å². The lowest BCUT2D eigenvalue weighted by atomic mass is 9.98. The van der Waals surface area contributed by atoms with E-state index in [0.717, 1.165) is 0 Å². The molecule has 0 aliphatic carbocycles. The number of aliphatic hydroxyl groups is 11. The van der Waals surface area contributed by atoms with Gasteiger partial charge in [-0.2, -0.15) is 0 Å². The van der Waals surface area contributed by atoms with E-state index in [1.807, 2.05) is 0 Å². The summed E-state index contributed by atoms with van der Waals surface area (Å²) >= 11 is 0. The van der Waals surface area contributed by atoms with Gasteiger partial charge >= 0.3 is 0 Å². The summed E-state index contributed by atoms with van der Waals surface area (Å²) in [6.45, 7) is -2.13. The molecule has 0 spiro atoms. The van der Waals surface area contributed by atoms with Crippen molar-refractivity contribution in [1.29, 1.82) is 0 Å². The zero-order valence-corrected chi connectivity index (χ0v) is 17.7. The SMILES string of the molecule is O=C[C@H](O)[C@@H](O)[C@H](O)[C@H](O)COC1O[C@H](COC2O[C@H](CO)[C@@H](O)[C@H](O)[C@H]2O)[C@@H](O)[C@H](O)[C@H]1O. The lowest BCUT2D eigenvalue weighted by Crippen LogP contribution is -2.62. The van der Waals surface area contributed by atoms with E-state index >= 15 is 0 Å². The van der Waals surface area contributed by atoms with Crippen LogP contribution in [0.3, 0.4) is 0 Å². The van der Waals surface area contributed by atoms with Crippen LogP contribution in [0.4, 0.5) is 0 Å². The highest BCUT2D eigenvalue weighted by Crippen LogP contribution is 2.26. The van der Waals surface area contributed by atoms with E-state index in [1.165, 1.54) is 0 Å². The highest BCUT2D eigenvalue weighted by Gasteiger charge is 2.47. The van der Waals surface area contributed by atoms with Crippen LogP contribution in [0.1, 0.15) is 0 Å². The lowest BCUT2D eigenvalue weighted by molar-refractivity contribution is -0.333. The molecule has 0 amide bonds. The van der Waals surface area contributed by atoms with Crippen molar-refractivity contribution in [1.82, 2.24) is 0 Å². The number of carbonyl (C=O) groups is 1. The molecular formula is C18H32O16. The fourth-order valence-electron chi connectivity index (χ4n) is 3.39. The molecule has 14 atom stereocenters. The van der Waals surface area contributed by atoms with Crippen molar-refractivity contribution in [3.8, 4) is 0 Å². The lowest BCUT2D eigenvalue weighted by Gasteiger charge is -2.42. The first-order chi connectivity index (χ1) is 15.9. The zero-order chi connectivity index (χ0) is 25.7. The average molecular weight is 504 g/mol. The van der Waals surface area contributed by atoms with Crippen LogP contribution < -0.4 is 0 Å². The maximum atomic E-state index is 10.5. The van der Waals surface area contributed by atoms with Gasteiger partial charge in [-0.15, -0.1) is 0 Å². The van der Waals surface area contributed by atoms with Crippen LogP contribution >= 0.6 is 0 Å². The van der Waals surface area contributed by atoms with Gasteiger partial charge in [0.1, 0.15) is 73.2 Å². The quantitative estimate of drug-likeness (QED) is 0.117. The molecule has 0 saturated carbocycles. The van der Waals surface area contributed by atoms with Crippen molar-refractivity contribution in [2.75, 3.05) is 19.8 Å². The van der Waals surface area contributed by atoms with E-state index in [9.17, 15) is 61.0 Å². The van der Waals surface area contributed by atoms with Gasteiger partial charge < -0.3 is 79.9 Å². The second-order valence-corrected chi connectivity index (χ2v) is 8.05. The Labute approximate surface area is 192 Å². The van der Waals surface area contributed by atoms with Crippen LogP contribution in [0.25, 0.3) is 0 Å². The Morgan fingerprint density at radius 3 is 1.74 bits per heavy atom. The molecule has 0 radical (unpaired) electrons. The Bertz CT molecular complexity index is 623. The maximum absolute atomic E-state index is 10.5. The molecule has 2 saturated heterocycles. The fourth-order valence-corrected chi connectivity index (χ4v) is 3.39. The summed E-state index contributed by atoms with van der Waals surface area (Å²) in [6, 6.07) is 0. The van der Waals surface area contributed by atoms with Gasteiger partial charge in [0.2, 0.25) is 0 Å². The molecule has 16 nitrogen and oxygen atoms in total. The van der Waals surface area contributed by atoms with E-state index < -0.39 is 106 Å². The third kappa shape index (κ3) is 6.64. The van der Waals surface area contributed by atoms with Crippen LogP contribution in [0.5, 0.6) is 0 Å². The Hall–Kier alpha value is -0.930. The smallest absolute Gasteiger partial charge is 0.186 e. The predicted octanol–water partition coefficient (Wildman–Crippen LogP) is -7.73. The molecule has 200 valence electrons. The van der Waals surface area contributed by atoms with Crippen LogP contribution in [0.15, 0.2) is 0 Å². The van der Waals surface area contributed by atoms with Crippen molar-refractivity contribution >= 4 is 6.29 Å². The summed E-state index contributed by atoms with van der Waals surface area (Å²) in [5, 5.41) is 107. The first kappa shape index (κ1) is 29.3. The minimum atomic E-state index is -2.04. The molecule has 2 fully saturated rings. The van der Waals surface area contributed by atoms with Gasteiger partial charge in [-0.05, 0) is 0 Å². The largest absolute Gasteiger partial charge is 0.394 e. The van der Waals surface area contributed by atoms with Gasteiger partial charge in [-0.3, -0.25) is 0 Å². The first-order valence-corrected chi connectivity index (χ1v) is 10.4. The number of hydrogen-bond donors (Lipinski definition) is 11. The molecule has 2 aliphatic heterocycles. The molecule has 2 aliphatic rings. The van der Waals surface area contributed by atoms with E-state index in [1.54, 1.807) is 0 Å². The molecular weight excluding hydrogens is 472 g/mol. The van der Waals surface area contributed by atoms with Crippen molar-refractivity contribution in [2.24, 2.45) is 0 Å². The van der Waals surface area contributed by atoms with Crippen molar-refractivity contribution in [2.45, 2.75) is 85.8 Å². The number of ether oxygens (including phenoxy) is 4. The number of carbonyl (C=O) groups excluding carboxylic acids is 1. The molecule has 2 heterocycles. The predicted molar refractivity (Wildman–Crippen MR) is 102 cm³/mol. The van der Waals surface area contributed by atoms with Gasteiger partial charge in [0, 0.05) is 0 Å². The number of rotatable bonds is 11. The van der Waals surface area contributed by atoms with E-state index in [0.29, 0.717) is 0 Å². The third-order valence-corrected chi connectivity index (χ3v) is 5.61. The summed E-state index contributed by atoms with van der Waals surface area (Å²) < 4.78 is 20.8. The molecule has 0 aromatic heterocycles. The second-order valence-electron chi connectivity index (χ2n) is 8.05. The summed E-state index contributed by atoms with van der Waals surface area (Å²) in [7, 11) is 0. The van der Waals surface area contributed by atoms with Gasteiger partial charge in [0.25, 0.3) is 0 Å². The summed E-state index contributed by atoms with van der Waals surface area (Å²) in [5.74, 6) is 0. The third-order valence-electron chi connectivity index (χ3n) is 5.61. The van der Waals surface area contributed by atoms with E-state index in [2.05, 4.69) is 0 Å². The van der Waals surface area contributed by atoms with Crippen LogP contribution in [0, 0.1) is 0 Å². The highest BCUT2D eigenvalue weighted by molar-refractivity contribution is 5.56. The monoisotopic (exact) mass is 504 g/mol. The molecule has 0 aromatic carbocycles. The Morgan fingerprint density at radius 2 is 1.21 bits per heavy atom. The molecule has 11 N–H and O–H groups in total. The highest BCUT2D eigenvalue weighted by atomic mass is 16.7. The van der Waals surface area contributed by atoms with Crippen LogP contribution in [-0.2, 0) is 23.7 Å².